The highest BCUT2D eigenvalue weighted by Gasteiger charge is 2.34. The van der Waals surface area contributed by atoms with Crippen molar-refractivity contribution in [3.63, 3.8) is 0 Å². The van der Waals surface area contributed by atoms with Crippen LogP contribution in [0.1, 0.15) is 36.8 Å². The summed E-state index contributed by atoms with van der Waals surface area (Å²) in [5.74, 6) is 0.0562. The molecule has 5 heteroatoms. The number of hydrogen-bond donors (Lipinski definition) is 2. The van der Waals surface area contributed by atoms with E-state index in [0.717, 1.165) is 12.5 Å². The fraction of sp³-hybridized carbons (Fsp3) is 0.571. The lowest BCUT2D eigenvalue weighted by Gasteiger charge is -2.38. The zero-order valence-electron chi connectivity index (χ0n) is 10.8. The molecule has 0 aliphatic carbocycles. The Morgan fingerprint density at radius 1 is 1.42 bits per heavy atom. The second kappa shape index (κ2) is 5.13. The van der Waals surface area contributed by atoms with Gasteiger partial charge in [0.05, 0.1) is 12.2 Å². The molecule has 0 spiro atoms. The van der Waals surface area contributed by atoms with E-state index in [0.29, 0.717) is 18.5 Å². The minimum Gasteiger partial charge on any atom is -0.394 e. The molecule has 2 atom stereocenters. The molecule has 1 heterocycles. The minimum atomic E-state index is -4.30. The molecule has 2 N–H and O–H groups in total. The second-order valence-electron chi connectivity index (χ2n) is 5.46. The number of benzene rings is 1. The largest absolute Gasteiger partial charge is 0.416 e. The number of aliphatic hydroxyl groups is 1. The van der Waals surface area contributed by atoms with Gasteiger partial charge in [0.15, 0.2) is 0 Å². The highest BCUT2D eigenvalue weighted by atomic mass is 19.4. The molecule has 2 rings (SSSR count). The van der Waals surface area contributed by atoms with Crippen LogP contribution in [0, 0.1) is 0 Å². The van der Waals surface area contributed by atoms with Gasteiger partial charge in [-0.25, -0.2) is 0 Å². The van der Waals surface area contributed by atoms with Crippen molar-refractivity contribution in [2.75, 3.05) is 13.2 Å². The molecule has 1 aliphatic heterocycles. The fourth-order valence-electron chi connectivity index (χ4n) is 2.64. The third-order valence-corrected chi connectivity index (χ3v) is 3.78. The van der Waals surface area contributed by atoms with Crippen LogP contribution >= 0.6 is 0 Å². The van der Waals surface area contributed by atoms with Gasteiger partial charge in [0.1, 0.15) is 0 Å². The van der Waals surface area contributed by atoms with Gasteiger partial charge in [0.25, 0.3) is 0 Å². The van der Waals surface area contributed by atoms with Gasteiger partial charge in [-0.3, -0.25) is 0 Å². The van der Waals surface area contributed by atoms with Crippen molar-refractivity contribution in [1.82, 2.24) is 5.32 Å². The molecule has 1 aliphatic rings. The Kier molecular flexibility index (Phi) is 3.87. The van der Waals surface area contributed by atoms with Gasteiger partial charge in [0, 0.05) is 5.54 Å². The van der Waals surface area contributed by atoms with Gasteiger partial charge in [-0.05, 0) is 43.9 Å². The summed E-state index contributed by atoms with van der Waals surface area (Å²) in [6, 6.07) is 5.52. The van der Waals surface area contributed by atoms with E-state index in [4.69, 9.17) is 0 Å². The molecule has 19 heavy (non-hydrogen) atoms. The Balaban J connectivity index is 2.22. The zero-order chi connectivity index (χ0) is 14.1. The minimum absolute atomic E-state index is 0.0114. The zero-order valence-corrected chi connectivity index (χ0v) is 10.8. The van der Waals surface area contributed by atoms with Crippen molar-refractivity contribution < 1.29 is 18.3 Å². The average molecular weight is 273 g/mol. The highest BCUT2D eigenvalue weighted by Crippen LogP contribution is 2.36. The van der Waals surface area contributed by atoms with Gasteiger partial charge in [0.2, 0.25) is 0 Å². The standard InChI is InChI=1S/C14H18F3NO/c1-13(9-19)8-11(5-6-18-13)10-3-2-4-12(7-10)14(15,16)17/h2-4,7,11,18-19H,5-6,8-9H2,1H3. The monoisotopic (exact) mass is 273 g/mol. The van der Waals surface area contributed by atoms with Crippen LogP contribution in [-0.2, 0) is 6.18 Å². The van der Waals surface area contributed by atoms with Gasteiger partial charge < -0.3 is 10.4 Å². The SMILES string of the molecule is CC1(CO)CC(c2cccc(C(F)(F)F)c2)CCN1. The van der Waals surface area contributed by atoms with E-state index in [-0.39, 0.29) is 12.5 Å². The third-order valence-electron chi connectivity index (χ3n) is 3.78. The summed E-state index contributed by atoms with van der Waals surface area (Å²) >= 11 is 0. The Labute approximate surface area is 110 Å². The van der Waals surface area contributed by atoms with Crippen LogP contribution in [0.5, 0.6) is 0 Å². The molecule has 0 aromatic heterocycles. The van der Waals surface area contributed by atoms with Crippen LogP contribution in [0.15, 0.2) is 24.3 Å². The summed E-state index contributed by atoms with van der Waals surface area (Å²) in [6.07, 6.45) is -2.87. The molecule has 2 unspecified atom stereocenters. The Morgan fingerprint density at radius 2 is 2.16 bits per heavy atom. The lowest BCUT2D eigenvalue weighted by Crippen LogP contribution is -2.50. The molecule has 1 aromatic rings. The van der Waals surface area contributed by atoms with Gasteiger partial charge in [-0.1, -0.05) is 18.2 Å². The van der Waals surface area contributed by atoms with Crippen LogP contribution in [-0.4, -0.2) is 23.8 Å². The van der Waals surface area contributed by atoms with Gasteiger partial charge in [-0.2, -0.15) is 13.2 Å². The molecule has 0 saturated carbocycles. The summed E-state index contributed by atoms with van der Waals surface area (Å²) < 4.78 is 38.1. The smallest absolute Gasteiger partial charge is 0.394 e. The molecule has 1 fully saturated rings. The van der Waals surface area contributed by atoms with Crippen LogP contribution < -0.4 is 5.32 Å². The lowest BCUT2D eigenvalue weighted by molar-refractivity contribution is -0.137. The number of aliphatic hydroxyl groups excluding tert-OH is 1. The van der Waals surface area contributed by atoms with E-state index in [1.807, 2.05) is 6.92 Å². The molecule has 2 nitrogen and oxygen atoms in total. The van der Waals surface area contributed by atoms with Crippen molar-refractivity contribution in [3.8, 4) is 0 Å². The van der Waals surface area contributed by atoms with E-state index < -0.39 is 17.3 Å². The molecule has 0 amide bonds. The number of rotatable bonds is 2. The van der Waals surface area contributed by atoms with Crippen LogP contribution in [0.4, 0.5) is 13.2 Å². The summed E-state index contributed by atoms with van der Waals surface area (Å²) in [5, 5.41) is 12.6. The van der Waals surface area contributed by atoms with Crippen molar-refractivity contribution in [3.05, 3.63) is 35.4 Å². The van der Waals surface area contributed by atoms with Crippen LogP contribution in [0.2, 0.25) is 0 Å². The number of hydrogen-bond acceptors (Lipinski definition) is 2. The van der Waals surface area contributed by atoms with Crippen LogP contribution in [0.3, 0.4) is 0 Å². The predicted octanol–water partition coefficient (Wildman–Crippen LogP) is 2.92. The van der Waals surface area contributed by atoms with E-state index in [1.165, 1.54) is 12.1 Å². The van der Waals surface area contributed by atoms with Gasteiger partial charge >= 0.3 is 6.18 Å². The second-order valence-corrected chi connectivity index (χ2v) is 5.46. The highest BCUT2D eigenvalue weighted by molar-refractivity contribution is 5.29. The first-order valence-electron chi connectivity index (χ1n) is 6.37. The summed E-state index contributed by atoms with van der Waals surface area (Å²) in [4.78, 5) is 0. The topological polar surface area (TPSA) is 32.3 Å². The van der Waals surface area contributed by atoms with Gasteiger partial charge in [-0.15, -0.1) is 0 Å². The van der Waals surface area contributed by atoms with E-state index in [1.54, 1.807) is 6.07 Å². The number of nitrogens with one attached hydrogen (secondary N) is 1. The molecule has 106 valence electrons. The first-order valence-corrected chi connectivity index (χ1v) is 6.37. The first kappa shape index (κ1) is 14.3. The Hall–Kier alpha value is -1.07. The lowest BCUT2D eigenvalue weighted by atomic mass is 9.79. The first-order chi connectivity index (χ1) is 8.84. The fourth-order valence-corrected chi connectivity index (χ4v) is 2.64. The predicted molar refractivity (Wildman–Crippen MR) is 66.9 cm³/mol. The maximum absolute atomic E-state index is 12.7. The molecule has 1 saturated heterocycles. The molecule has 0 radical (unpaired) electrons. The summed E-state index contributed by atoms with van der Waals surface area (Å²) in [7, 11) is 0. The van der Waals surface area contributed by atoms with Crippen molar-refractivity contribution in [1.29, 1.82) is 0 Å². The van der Waals surface area contributed by atoms with E-state index >= 15 is 0 Å². The maximum Gasteiger partial charge on any atom is 0.416 e. The van der Waals surface area contributed by atoms with E-state index in [2.05, 4.69) is 5.32 Å². The number of piperidine rings is 1. The van der Waals surface area contributed by atoms with Crippen molar-refractivity contribution >= 4 is 0 Å². The molecular weight excluding hydrogens is 255 g/mol. The normalized spacial score (nSPS) is 28.4. The third kappa shape index (κ3) is 3.28. The van der Waals surface area contributed by atoms with Crippen molar-refractivity contribution in [2.24, 2.45) is 0 Å². The number of alkyl halides is 3. The quantitative estimate of drug-likeness (QED) is 0.868. The molecule has 0 bridgehead atoms. The summed E-state index contributed by atoms with van der Waals surface area (Å²) in [5.41, 5.74) is -0.304. The average Bonchev–Trinajstić information content (AvgIpc) is 2.38. The van der Waals surface area contributed by atoms with Crippen LogP contribution in [0.25, 0.3) is 0 Å². The van der Waals surface area contributed by atoms with E-state index in [9.17, 15) is 18.3 Å². The molecular formula is C14H18F3NO. The van der Waals surface area contributed by atoms with Crippen molar-refractivity contribution in [2.45, 2.75) is 37.4 Å². The number of halogens is 3. The molecule has 1 aromatic carbocycles. The Bertz CT molecular complexity index is 447. The maximum atomic E-state index is 12.7. The summed E-state index contributed by atoms with van der Waals surface area (Å²) in [6.45, 7) is 2.59. The Morgan fingerprint density at radius 3 is 2.79 bits per heavy atom.